The molecule has 2 atom stereocenters. The number of hydrogen-bond acceptors (Lipinski definition) is 1. The van der Waals surface area contributed by atoms with Crippen molar-refractivity contribution in [2.45, 2.75) is 11.3 Å². The van der Waals surface area contributed by atoms with Gasteiger partial charge in [0.2, 0.25) is 0 Å². The van der Waals surface area contributed by atoms with Crippen LogP contribution in [0, 0.1) is 0 Å². The summed E-state index contributed by atoms with van der Waals surface area (Å²) in [5.41, 5.74) is 1.17. The van der Waals surface area contributed by atoms with E-state index in [9.17, 15) is 0 Å². The van der Waals surface area contributed by atoms with Crippen molar-refractivity contribution in [1.29, 1.82) is 0 Å². The van der Waals surface area contributed by atoms with Gasteiger partial charge in [-0.2, -0.15) is 0 Å². The van der Waals surface area contributed by atoms with Crippen LogP contribution in [0.15, 0.2) is 46.7 Å². The van der Waals surface area contributed by atoms with Gasteiger partial charge >= 0.3 is 0 Å². The zero-order chi connectivity index (χ0) is 10.4. The maximum absolute atomic E-state index is 6.29. The lowest BCUT2D eigenvalue weighted by Gasteiger charge is -2.19. The van der Waals surface area contributed by atoms with Crippen molar-refractivity contribution in [3.63, 3.8) is 0 Å². The summed E-state index contributed by atoms with van der Waals surface area (Å²) in [5, 5.41) is -0.0232. The molecule has 0 radical (unpaired) electrons. The zero-order valence-electron chi connectivity index (χ0n) is 7.78. The molecule has 0 amide bonds. The molecule has 0 aromatic heterocycles. The van der Waals surface area contributed by atoms with Crippen LogP contribution in [0.3, 0.4) is 0 Å². The molecule has 15 heavy (non-hydrogen) atoms. The van der Waals surface area contributed by atoms with Crippen LogP contribution in [0.5, 0.6) is 5.75 Å². The third-order valence-electron chi connectivity index (χ3n) is 2.74. The summed E-state index contributed by atoms with van der Waals surface area (Å²) in [7, 11) is 0. The molecule has 0 spiro atoms. The Balaban J connectivity index is 2.18. The average molecular weight is 284 g/mol. The van der Waals surface area contributed by atoms with E-state index in [2.05, 4.69) is 22.0 Å². The zero-order valence-corrected chi connectivity index (χ0v) is 10.1. The van der Waals surface area contributed by atoms with Crippen LogP contribution >= 0.6 is 27.5 Å². The maximum atomic E-state index is 6.29. The normalized spacial score (nSPS) is 27.3. The second kappa shape index (κ2) is 3.39. The molecule has 3 heteroatoms. The van der Waals surface area contributed by atoms with Gasteiger partial charge in [-0.25, -0.2) is 0 Å². The van der Waals surface area contributed by atoms with Crippen LogP contribution in [0.25, 0.3) is 0 Å². The lowest BCUT2D eigenvalue weighted by molar-refractivity contribution is 0.425. The number of para-hydroxylation sites is 1. The van der Waals surface area contributed by atoms with Gasteiger partial charge in [-0.15, -0.1) is 11.6 Å². The van der Waals surface area contributed by atoms with E-state index < -0.39 is 0 Å². The van der Waals surface area contributed by atoms with Gasteiger partial charge in [0.25, 0.3) is 0 Å². The molecule has 1 heterocycles. The Hall–Kier alpha value is -0.730. The molecule has 76 valence electrons. The van der Waals surface area contributed by atoms with Gasteiger partial charge in [0.05, 0.1) is 15.8 Å². The molecule has 1 nitrogen and oxygen atoms in total. The lowest BCUT2D eigenvalue weighted by Crippen LogP contribution is -2.14. The molecule has 2 unspecified atom stereocenters. The van der Waals surface area contributed by atoms with Crippen LogP contribution < -0.4 is 4.74 Å². The third-order valence-corrected chi connectivity index (χ3v) is 3.79. The molecular weight excluding hydrogens is 275 g/mol. The minimum absolute atomic E-state index is 0.0232. The van der Waals surface area contributed by atoms with Crippen molar-refractivity contribution in [3.8, 4) is 5.75 Å². The number of alkyl halides is 1. The summed E-state index contributed by atoms with van der Waals surface area (Å²) in [6, 6.07) is 8.04. The van der Waals surface area contributed by atoms with Crippen molar-refractivity contribution in [1.82, 2.24) is 0 Å². The molecule has 1 aliphatic carbocycles. The first kappa shape index (κ1) is 9.49. The van der Waals surface area contributed by atoms with Gasteiger partial charge in [0, 0.05) is 5.56 Å². The fourth-order valence-corrected chi connectivity index (χ4v) is 2.84. The van der Waals surface area contributed by atoms with E-state index >= 15 is 0 Å². The number of fused-ring (bicyclic) bond motifs is 3. The minimum Gasteiger partial charge on any atom is -0.460 e. The highest BCUT2D eigenvalue weighted by Crippen LogP contribution is 2.48. The van der Waals surface area contributed by atoms with E-state index in [0.717, 1.165) is 16.0 Å². The topological polar surface area (TPSA) is 9.23 Å². The Morgan fingerprint density at radius 3 is 2.93 bits per heavy atom. The first-order valence-electron chi connectivity index (χ1n) is 4.76. The second-order valence-corrected chi connectivity index (χ2v) is 4.99. The molecule has 2 aliphatic rings. The molecule has 1 aromatic carbocycles. The predicted molar refractivity (Wildman–Crippen MR) is 64.5 cm³/mol. The molecule has 0 saturated heterocycles. The van der Waals surface area contributed by atoms with E-state index in [1.807, 2.05) is 30.4 Å². The fourth-order valence-electron chi connectivity index (χ4n) is 2.04. The predicted octanol–water partition coefficient (Wildman–Crippen LogP) is 3.95. The molecule has 0 fully saturated rings. The van der Waals surface area contributed by atoms with Crippen LogP contribution in [0.1, 0.15) is 11.5 Å². The van der Waals surface area contributed by atoms with E-state index in [1.165, 1.54) is 5.56 Å². The van der Waals surface area contributed by atoms with Crippen molar-refractivity contribution < 1.29 is 4.74 Å². The highest BCUT2D eigenvalue weighted by atomic mass is 79.9. The number of allylic oxidation sites excluding steroid dienone is 4. The highest BCUT2D eigenvalue weighted by molar-refractivity contribution is 9.11. The Labute approximate surface area is 102 Å². The Kier molecular flexibility index (Phi) is 2.15. The summed E-state index contributed by atoms with van der Waals surface area (Å²) in [6.45, 7) is 0. The molecule has 1 aromatic rings. The Bertz CT molecular complexity index is 478. The molecule has 0 bridgehead atoms. The highest BCUT2D eigenvalue weighted by Gasteiger charge is 2.37. The van der Waals surface area contributed by atoms with Crippen LogP contribution in [0.4, 0.5) is 0 Å². The standard InChI is InChI=1S/C12H8BrClO/c13-8-5-6-9(14)11-7-3-1-2-4-10(7)15-12(8)11/h1-6,9,11H. The number of hydrogen-bond donors (Lipinski definition) is 0. The van der Waals surface area contributed by atoms with Crippen molar-refractivity contribution in [3.05, 3.63) is 52.2 Å². The number of ether oxygens (including phenoxy) is 1. The van der Waals surface area contributed by atoms with Crippen molar-refractivity contribution in [2.24, 2.45) is 0 Å². The molecule has 0 N–H and O–H groups in total. The first-order valence-corrected chi connectivity index (χ1v) is 5.99. The van der Waals surface area contributed by atoms with Gasteiger partial charge < -0.3 is 4.74 Å². The second-order valence-electron chi connectivity index (χ2n) is 3.63. The molecule has 3 rings (SSSR count). The first-order chi connectivity index (χ1) is 7.27. The van der Waals surface area contributed by atoms with Gasteiger partial charge in [-0.05, 0) is 28.1 Å². The Morgan fingerprint density at radius 1 is 1.27 bits per heavy atom. The average Bonchev–Trinajstić information content (AvgIpc) is 2.64. The van der Waals surface area contributed by atoms with E-state index in [0.29, 0.717) is 0 Å². The number of halogens is 2. The third kappa shape index (κ3) is 1.35. The number of rotatable bonds is 0. The molecule has 0 saturated carbocycles. The van der Waals surface area contributed by atoms with Crippen LogP contribution in [-0.2, 0) is 0 Å². The quantitative estimate of drug-likeness (QED) is 0.655. The van der Waals surface area contributed by atoms with E-state index in [-0.39, 0.29) is 11.3 Å². The van der Waals surface area contributed by atoms with Crippen LogP contribution in [-0.4, -0.2) is 5.38 Å². The Morgan fingerprint density at radius 2 is 2.07 bits per heavy atom. The van der Waals surface area contributed by atoms with Crippen molar-refractivity contribution >= 4 is 27.5 Å². The van der Waals surface area contributed by atoms with Gasteiger partial charge in [0.15, 0.2) is 0 Å². The van der Waals surface area contributed by atoms with Crippen LogP contribution in [0.2, 0.25) is 0 Å². The fraction of sp³-hybridized carbons (Fsp3) is 0.167. The summed E-state index contributed by atoms with van der Waals surface area (Å²) in [6.07, 6.45) is 3.95. The number of benzene rings is 1. The lowest BCUT2D eigenvalue weighted by atomic mass is 9.92. The molecule has 1 aliphatic heterocycles. The summed E-state index contributed by atoms with van der Waals surface area (Å²) < 4.78 is 6.78. The van der Waals surface area contributed by atoms with Gasteiger partial charge in [-0.1, -0.05) is 24.3 Å². The minimum atomic E-state index is -0.0232. The molecular formula is C12H8BrClO. The van der Waals surface area contributed by atoms with Gasteiger partial charge in [0.1, 0.15) is 11.5 Å². The van der Waals surface area contributed by atoms with E-state index in [1.54, 1.807) is 0 Å². The summed E-state index contributed by atoms with van der Waals surface area (Å²) in [4.78, 5) is 0. The largest absolute Gasteiger partial charge is 0.460 e. The summed E-state index contributed by atoms with van der Waals surface area (Å²) in [5.74, 6) is 2.00. The van der Waals surface area contributed by atoms with Crippen molar-refractivity contribution in [2.75, 3.05) is 0 Å². The summed E-state index contributed by atoms with van der Waals surface area (Å²) >= 11 is 9.78. The van der Waals surface area contributed by atoms with E-state index in [4.69, 9.17) is 16.3 Å². The smallest absolute Gasteiger partial charge is 0.131 e. The monoisotopic (exact) mass is 282 g/mol. The SMILES string of the molecule is ClC1C=CC(Br)=C2Oc3ccccc3C21. The maximum Gasteiger partial charge on any atom is 0.131 e. The van der Waals surface area contributed by atoms with Gasteiger partial charge in [-0.3, -0.25) is 0 Å².